The molecule has 14 heavy (non-hydrogen) atoms. The zero-order valence-corrected chi connectivity index (χ0v) is 12.3. The van der Waals surface area contributed by atoms with Gasteiger partial charge in [0.2, 0.25) is 0 Å². The third-order valence-electron chi connectivity index (χ3n) is 1.88. The molecule has 1 unspecified atom stereocenters. The molecule has 0 spiro atoms. The van der Waals surface area contributed by atoms with Crippen LogP contribution in [0.1, 0.15) is 22.9 Å². The van der Waals surface area contributed by atoms with Crippen molar-refractivity contribution >= 4 is 53.6 Å². The van der Waals surface area contributed by atoms with Crippen LogP contribution in [-0.2, 0) is 10.1 Å². The van der Waals surface area contributed by atoms with Crippen molar-refractivity contribution in [1.82, 2.24) is 0 Å². The van der Waals surface area contributed by atoms with Crippen molar-refractivity contribution in [2.75, 3.05) is 0 Å². The van der Waals surface area contributed by atoms with Crippen LogP contribution in [0.5, 0.6) is 0 Å². The van der Waals surface area contributed by atoms with E-state index < -0.39 is 0 Å². The molecule has 0 bridgehead atoms. The van der Waals surface area contributed by atoms with E-state index in [1.54, 1.807) is 6.92 Å². The number of rotatable bonds is 3. The van der Waals surface area contributed by atoms with Gasteiger partial charge in [0.15, 0.2) is 0 Å². The van der Waals surface area contributed by atoms with Crippen LogP contribution in [0.2, 0.25) is 0 Å². The summed E-state index contributed by atoms with van der Waals surface area (Å²) in [7, 11) is 0. The monoisotopic (exact) mass is 382 g/mol. The molecule has 0 saturated carbocycles. The molecule has 0 saturated heterocycles. The number of carbonyl (C=O) groups is 1. The summed E-state index contributed by atoms with van der Waals surface area (Å²) in [5.41, 5.74) is 2.15. The van der Waals surface area contributed by atoms with Crippen LogP contribution in [-0.4, -0.2) is 5.78 Å². The van der Waals surface area contributed by atoms with Crippen LogP contribution in [0.15, 0.2) is 22.7 Å². The van der Waals surface area contributed by atoms with Gasteiger partial charge in [0.25, 0.3) is 0 Å². The fourth-order valence-electron chi connectivity index (χ4n) is 1.14. The smallest absolute Gasteiger partial charge is 0.147 e. The van der Waals surface area contributed by atoms with Crippen molar-refractivity contribution in [3.8, 4) is 0 Å². The summed E-state index contributed by atoms with van der Waals surface area (Å²) in [6.45, 7) is 1.58. The molecule has 0 radical (unpaired) electrons. The number of ketones is 1. The quantitative estimate of drug-likeness (QED) is 0.707. The summed E-state index contributed by atoms with van der Waals surface area (Å²) in [6, 6.07) is 5.95. The zero-order valence-electron chi connectivity index (χ0n) is 7.56. The van der Waals surface area contributed by atoms with Crippen LogP contribution < -0.4 is 0 Å². The van der Waals surface area contributed by atoms with Crippen LogP contribution >= 0.6 is 47.8 Å². The second kappa shape index (κ2) is 5.42. The van der Waals surface area contributed by atoms with Gasteiger partial charge < -0.3 is 0 Å². The highest BCUT2D eigenvalue weighted by Crippen LogP contribution is 2.30. The molecule has 0 N–H and O–H groups in total. The third kappa shape index (κ3) is 2.91. The third-order valence-corrected chi connectivity index (χ3v) is 4.12. The molecular weight excluding hydrogens is 376 g/mol. The lowest BCUT2D eigenvalue weighted by atomic mass is 10.0. The molecule has 0 aliphatic rings. The summed E-state index contributed by atoms with van der Waals surface area (Å²) in [4.78, 5) is 11.0. The van der Waals surface area contributed by atoms with Gasteiger partial charge in [-0.2, -0.15) is 0 Å². The maximum atomic E-state index is 11.2. The molecule has 0 aromatic heterocycles. The lowest BCUT2D eigenvalue weighted by Gasteiger charge is -2.11. The highest BCUT2D eigenvalue weighted by molar-refractivity contribution is 9.10. The van der Waals surface area contributed by atoms with E-state index in [0.29, 0.717) is 0 Å². The maximum absolute atomic E-state index is 11.2. The average Bonchev–Trinajstić information content (AvgIpc) is 2.16. The van der Waals surface area contributed by atoms with Gasteiger partial charge in [-0.25, -0.2) is 0 Å². The van der Waals surface area contributed by atoms with E-state index in [1.807, 2.05) is 18.2 Å². The Labute approximate surface area is 109 Å². The van der Waals surface area contributed by atoms with E-state index in [1.165, 1.54) is 0 Å². The van der Waals surface area contributed by atoms with Crippen molar-refractivity contribution < 1.29 is 4.79 Å². The van der Waals surface area contributed by atoms with Crippen molar-refractivity contribution in [1.29, 1.82) is 0 Å². The van der Waals surface area contributed by atoms with Crippen LogP contribution in [0, 0.1) is 0 Å². The van der Waals surface area contributed by atoms with Crippen molar-refractivity contribution in [2.24, 2.45) is 0 Å². The molecule has 0 aliphatic carbocycles. The number of hydrogen-bond donors (Lipinski definition) is 0. The minimum atomic E-state index is -0.215. The van der Waals surface area contributed by atoms with Crippen LogP contribution in [0.3, 0.4) is 0 Å². The SMILES string of the molecule is CC(=O)C(Br)c1cc(Br)ccc1CBr. The standard InChI is InChI=1S/C10H9Br3O/c1-6(14)10(13)9-4-8(12)3-2-7(9)5-11/h2-4,10H,5H2,1H3. The van der Waals surface area contributed by atoms with E-state index in [0.717, 1.165) is 20.9 Å². The lowest BCUT2D eigenvalue weighted by molar-refractivity contribution is -0.116. The molecule has 0 heterocycles. The van der Waals surface area contributed by atoms with Gasteiger partial charge in [-0.15, -0.1) is 0 Å². The Kier molecular flexibility index (Phi) is 4.80. The number of alkyl halides is 2. The second-order valence-electron chi connectivity index (χ2n) is 2.95. The van der Waals surface area contributed by atoms with Gasteiger partial charge in [-0.3, -0.25) is 4.79 Å². The Morgan fingerprint density at radius 2 is 2.14 bits per heavy atom. The summed E-state index contributed by atoms with van der Waals surface area (Å²) < 4.78 is 0.989. The predicted molar refractivity (Wildman–Crippen MR) is 69.1 cm³/mol. The fraction of sp³-hybridized carbons (Fsp3) is 0.300. The van der Waals surface area contributed by atoms with Crippen LogP contribution in [0.4, 0.5) is 0 Å². The maximum Gasteiger partial charge on any atom is 0.147 e. The lowest BCUT2D eigenvalue weighted by Crippen LogP contribution is -2.03. The zero-order chi connectivity index (χ0) is 10.7. The van der Waals surface area contributed by atoms with Gasteiger partial charge in [-0.05, 0) is 30.2 Å². The second-order valence-corrected chi connectivity index (χ2v) is 5.34. The number of hydrogen-bond acceptors (Lipinski definition) is 1. The predicted octanol–water partition coefficient (Wildman–Crippen LogP) is 4.37. The minimum Gasteiger partial charge on any atom is -0.298 e. The van der Waals surface area contributed by atoms with Crippen LogP contribution in [0.25, 0.3) is 0 Å². The number of carbonyl (C=O) groups excluding carboxylic acids is 1. The van der Waals surface area contributed by atoms with E-state index in [2.05, 4.69) is 47.8 Å². The topological polar surface area (TPSA) is 17.1 Å². The molecular formula is C10H9Br3O. The Hall–Kier alpha value is 0.330. The van der Waals surface area contributed by atoms with E-state index in [-0.39, 0.29) is 10.6 Å². The molecule has 4 heteroatoms. The normalized spacial score (nSPS) is 12.6. The Morgan fingerprint density at radius 3 is 2.64 bits per heavy atom. The molecule has 1 rings (SSSR count). The van der Waals surface area contributed by atoms with E-state index >= 15 is 0 Å². The summed E-state index contributed by atoms with van der Waals surface area (Å²) in [5.74, 6) is 0.116. The first-order valence-corrected chi connectivity index (χ1v) is 6.88. The summed E-state index contributed by atoms with van der Waals surface area (Å²) in [5, 5.41) is 0.755. The van der Waals surface area contributed by atoms with Gasteiger partial charge in [0.1, 0.15) is 5.78 Å². The number of Topliss-reactive ketones (excluding diaryl/α,β-unsaturated/α-hetero) is 1. The van der Waals surface area contributed by atoms with E-state index in [4.69, 9.17) is 0 Å². The number of benzene rings is 1. The highest BCUT2D eigenvalue weighted by Gasteiger charge is 2.16. The Morgan fingerprint density at radius 1 is 1.50 bits per heavy atom. The average molecular weight is 385 g/mol. The van der Waals surface area contributed by atoms with Gasteiger partial charge in [-0.1, -0.05) is 53.9 Å². The first-order chi connectivity index (χ1) is 6.56. The van der Waals surface area contributed by atoms with Gasteiger partial charge in [0, 0.05) is 9.80 Å². The minimum absolute atomic E-state index is 0.116. The van der Waals surface area contributed by atoms with Gasteiger partial charge in [0.05, 0.1) is 4.83 Å². The molecule has 1 aromatic rings. The molecule has 0 aliphatic heterocycles. The molecule has 1 aromatic carbocycles. The summed E-state index contributed by atoms with van der Waals surface area (Å²) >= 11 is 10.2. The first-order valence-electron chi connectivity index (χ1n) is 4.05. The summed E-state index contributed by atoms with van der Waals surface area (Å²) in [6.07, 6.45) is 0. The Bertz CT molecular complexity index is 349. The number of halogens is 3. The Balaban J connectivity index is 3.16. The van der Waals surface area contributed by atoms with E-state index in [9.17, 15) is 4.79 Å². The molecule has 1 nitrogen and oxygen atoms in total. The van der Waals surface area contributed by atoms with Crippen molar-refractivity contribution in [3.05, 3.63) is 33.8 Å². The highest BCUT2D eigenvalue weighted by atomic mass is 79.9. The fourth-order valence-corrected chi connectivity index (χ4v) is 2.46. The van der Waals surface area contributed by atoms with Gasteiger partial charge >= 0.3 is 0 Å². The molecule has 76 valence electrons. The first kappa shape index (κ1) is 12.4. The molecule has 1 atom stereocenters. The van der Waals surface area contributed by atoms with Crippen molar-refractivity contribution in [3.63, 3.8) is 0 Å². The molecule has 0 amide bonds. The molecule has 0 fully saturated rings. The van der Waals surface area contributed by atoms with Crippen molar-refractivity contribution in [2.45, 2.75) is 17.1 Å². The largest absolute Gasteiger partial charge is 0.298 e.